The fraction of sp³-hybridized carbons (Fsp3) is 0.161. The first-order chi connectivity index (χ1) is 19.7. The van der Waals surface area contributed by atoms with Crippen molar-refractivity contribution in [2.45, 2.75) is 19.3 Å². The molecule has 0 aliphatic heterocycles. The van der Waals surface area contributed by atoms with Crippen molar-refractivity contribution in [2.24, 2.45) is 7.05 Å². The van der Waals surface area contributed by atoms with Crippen LogP contribution in [-0.2, 0) is 26.3 Å². The van der Waals surface area contributed by atoms with Gasteiger partial charge in [0.15, 0.2) is 11.5 Å². The number of methoxy groups -OCH3 is 1. The molecule has 0 aliphatic rings. The Morgan fingerprint density at radius 3 is 2.22 bits per heavy atom. The highest BCUT2D eigenvalue weighted by Crippen LogP contribution is 2.38. The first kappa shape index (κ1) is 27.6. The molecule has 0 bridgehead atoms. The number of nitrogens with zero attached hydrogens (tertiary/aromatic N) is 3. The average molecular weight is 562 g/mol. The minimum absolute atomic E-state index is 0.0170. The molecule has 210 valence electrons. The van der Waals surface area contributed by atoms with Crippen LogP contribution in [0.25, 0.3) is 11.3 Å². The van der Waals surface area contributed by atoms with E-state index in [0.29, 0.717) is 34.4 Å². The van der Waals surface area contributed by atoms with E-state index in [1.54, 1.807) is 36.0 Å². The topological polar surface area (TPSA) is 69.7 Å². The summed E-state index contributed by atoms with van der Waals surface area (Å²) < 4.78 is 58.4. The van der Waals surface area contributed by atoms with Gasteiger partial charge < -0.3 is 18.8 Å². The molecule has 0 saturated heterocycles. The molecule has 0 atom stereocenters. The van der Waals surface area contributed by atoms with Crippen LogP contribution in [0.1, 0.15) is 27.2 Å². The van der Waals surface area contributed by atoms with E-state index in [1.165, 1.54) is 30.4 Å². The summed E-state index contributed by atoms with van der Waals surface area (Å²) in [5.74, 6) is 1.35. The van der Waals surface area contributed by atoms with E-state index in [9.17, 15) is 18.0 Å². The highest BCUT2D eigenvalue weighted by molar-refractivity contribution is 5.94. The van der Waals surface area contributed by atoms with Crippen LogP contribution in [-0.4, -0.2) is 27.7 Å². The van der Waals surface area contributed by atoms with Crippen LogP contribution in [0.5, 0.6) is 17.4 Å². The molecule has 10 heteroatoms. The number of aryl methyl sites for hydroxylation is 1. The molecular weight excluding hydrogens is 535 g/mol. The number of para-hydroxylation sites is 2. The number of amides is 1. The van der Waals surface area contributed by atoms with Crippen LogP contribution in [0.15, 0.2) is 102 Å². The number of furan rings is 1. The molecule has 0 saturated carbocycles. The predicted octanol–water partition coefficient (Wildman–Crippen LogP) is 7.34. The SMILES string of the molecule is COc1ccccc1Oc1c(CN(Cc2ccco2)C(=O)c2ccc(C(F)(F)F)cc2)c(-c2ccccc2)nn1C. The number of ether oxygens (including phenoxy) is 2. The molecule has 5 rings (SSSR count). The van der Waals surface area contributed by atoms with E-state index in [2.05, 4.69) is 0 Å². The van der Waals surface area contributed by atoms with E-state index in [-0.39, 0.29) is 18.7 Å². The van der Waals surface area contributed by atoms with Gasteiger partial charge >= 0.3 is 6.18 Å². The number of alkyl halides is 3. The van der Waals surface area contributed by atoms with Crippen LogP contribution in [0, 0.1) is 0 Å². The molecule has 2 aromatic heterocycles. The second-order valence-electron chi connectivity index (χ2n) is 9.19. The maximum absolute atomic E-state index is 13.8. The Morgan fingerprint density at radius 1 is 0.902 bits per heavy atom. The lowest BCUT2D eigenvalue weighted by Crippen LogP contribution is -2.30. The number of aromatic nitrogens is 2. The molecule has 3 aromatic carbocycles. The molecule has 0 fully saturated rings. The zero-order valence-corrected chi connectivity index (χ0v) is 22.3. The van der Waals surface area contributed by atoms with Crippen molar-refractivity contribution < 1.29 is 31.9 Å². The Morgan fingerprint density at radius 2 is 1.59 bits per heavy atom. The molecule has 2 heterocycles. The zero-order valence-electron chi connectivity index (χ0n) is 22.3. The Bertz CT molecular complexity index is 1610. The van der Waals surface area contributed by atoms with Crippen LogP contribution >= 0.6 is 0 Å². The van der Waals surface area contributed by atoms with Crippen molar-refractivity contribution in [1.29, 1.82) is 0 Å². The lowest BCUT2D eigenvalue weighted by molar-refractivity contribution is -0.137. The summed E-state index contributed by atoms with van der Waals surface area (Å²) in [5.41, 5.74) is 1.24. The van der Waals surface area contributed by atoms with Crippen LogP contribution < -0.4 is 9.47 Å². The molecule has 0 aliphatic carbocycles. The van der Waals surface area contributed by atoms with Gasteiger partial charge in [0.2, 0.25) is 5.88 Å². The molecule has 0 spiro atoms. The van der Waals surface area contributed by atoms with Gasteiger partial charge in [-0.15, -0.1) is 0 Å². The minimum atomic E-state index is -4.51. The normalized spacial score (nSPS) is 11.3. The van der Waals surface area contributed by atoms with E-state index in [0.717, 1.165) is 17.7 Å². The van der Waals surface area contributed by atoms with Gasteiger partial charge in [-0.05, 0) is 48.5 Å². The number of benzene rings is 3. The van der Waals surface area contributed by atoms with Gasteiger partial charge in [0.25, 0.3) is 5.91 Å². The summed E-state index contributed by atoms with van der Waals surface area (Å²) in [6, 6.07) is 24.1. The lowest BCUT2D eigenvalue weighted by atomic mass is 10.1. The Balaban J connectivity index is 1.58. The number of carbonyl (C=O) groups excluding carboxylic acids is 1. The largest absolute Gasteiger partial charge is 0.493 e. The maximum Gasteiger partial charge on any atom is 0.416 e. The highest BCUT2D eigenvalue weighted by Gasteiger charge is 2.31. The van der Waals surface area contributed by atoms with Crippen LogP contribution in [0.4, 0.5) is 13.2 Å². The molecule has 0 unspecified atom stereocenters. The lowest BCUT2D eigenvalue weighted by Gasteiger charge is -2.23. The second kappa shape index (κ2) is 11.6. The van der Waals surface area contributed by atoms with E-state index in [1.807, 2.05) is 42.5 Å². The number of halogens is 3. The van der Waals surface area contributed by atoms with Gasteiger partial charge in [-0.25, -0.2) is 4.68 Å². The number of hydrogen-bond donors (Lipinski definition) is 0. The van der Waals surface area contributed by atoms with Crippen molar-refractivity contribution in [3.63, 3.8) is 0 Å². The van der Waals surface area contributed by atoms with Gasteiger partial charge in [-0.3, -0.25) is 4.79 Å². The third kappa shape index (κ3) is 6.11. The molecule has 7 nitrogen and oxygen atoms in total. The summed E-state index contributed by atoms with van der Waals surface area (Å²) in [5, 5.41) is 4.72. The Kier molecular flexibility index (Phi) is 7.82. The fourth-order valence-corrected chi connectivity index (χ4v) is 4.42. The summed E-state index contributed by atoms with van der Waals surface area (Å²) in [6.45, 7) is 0.0766. The summed E-state index contributed by atoms with van der Waals surface area (Å²) in [6.07, 6.45) is -3.02. The molecule has 41 heavy (non-hydrogen) atoms. The van der Waals surface area contributed by atoms with E-state index in [4.69, 9.17) is 19.0 Å². The smallest absolute Gasteiger partial charge is 0.416 e. The Labute approximate surface area is 234 Å². The first-order valence-electron chi connectivity index (χ1n) is 12.7. The molecule has 1 amide bonds. The van der Waals surface area contributed by atoms with Gasteiger partial charge in [0, 0.05) is 18.2 Å². The quantitative estimate of drug-likeness (QED) is 0.188. The van der Waals surface area contributed by atoms with Gasteiger partial charge in [-0.1, -0.05) is 42.5 Å². The van der Waals surface area contributed by atoms with Gasteiger partial charge in [0.1, 0.15) is 11.5 Å². The molecule has 0 N–H and O–H groups in total. The molecule has 5 aromatic rings. The fourth-order valence-electron chi connectivity index (χ4n) is 4.42. The minimum Gasteiger partial charge on any atom is -0.493 e. The predicted molar refractivity (Wildman–Crippen MR) is 145 cm³/mol. The second-order valence-corrected chi connectivity index (χ2v) is 9.19. The van der Waals surface area contributed by atoms with Crippen LogP contribution in [0.3, 0.4) is 0 Å². The Hall–Kier alpha value is -4.99. The van der Waals surface area contributed by atoms with Crippen molar-refractivity contribution in [2.75, 3.05) is 7.11 Å². The third-order valence-electron chi connectivity index (χ3n) is 6.43. The van der Waals surface area contributed by atoms with Gasteiger partial charge in [-0.2, -0.15) is 18.3 Å². The van der Waals surface area contributed by atoms with Crippen molar-refractivity contribution in [3.8, 4) is 28.6 Å². The summed E-state index contributed by atoms with van der Waals surface area (Å²) in [4.78, 5) is 15.3. The number of carbonyl (C=O) groups is 1. The van der Waals surface area contributed by atoms with E-state index >= 15 is 0 Å². The van der Waals surface area contributed by atoms with Crippen LogP contribution in [0.2, 0.25) is 0 Å². The number of hydrogen-bond acceptors (Lipinski definition) is 5. The van der Waals surface area contributed by atoms with Crippen molar-refractivity contribution in [3.05, 3.63) is 120 Å². The molecule has 0 radical (unpaired) electrons. The van der Waals surface area contributed by atoms with Crippen molar-refractivity contribution in [1.82, 2.24) is 14.7 Å². The monoisotopic (exact) mass is 561 g/mol. The third-order valence-corrected chi connectivity index (χ3v) is 6.43. The summed E-state index contributed by atoms with van der Waals surface area (Å²) in [7, 11) is 3.27. The standard InChI is InChI=1S/C31H26F3N3O4/c1-36-30(41-27-13-7-6-12-26(27)39-2)25(28(35-36)21-9-4-3-5-10-21)20-37(19-24-11-8-18-40-24)29(38)22-14-16-23(17-15-22)31(32,33)34/h3-18H,19-20H2,1-2H3. The van der Waals surface area contributed by atoms with Crippen molar-refractivity contribution >= 4 is 5.91 Å². The zero-order chi connectivity index (χ0) is 29.0. The van der Waals surface area contributed by atoms with E-state index < -0.39 is 17.6 Å². The maximum atomic E-state index is 13.8. The first-order valence-corrected chi connectivity index (χ1v) is 12.7. The van der Waals surface area contributed by atoms with Gasteiger partial charge in [0.05, 0.1) is 37.6 Å². The summed E-state index contributed by atoms with van der Waals surface area (Å²) >= 11 is 0. The average Bonchev–Trinajstić information content (AvgIpc) is 3.60. The molecular formula is C31H26F3N3O4. The number of rotatable bonds is 9. The highest BCUT2D eigenvalue weighted by atomic mass is 19.4.